The number of carbonyl (C=O) groups is 2. The molecule has 0 spiro atoms. The molecule has 8 heteroatoms. The second-order valence-corrected chi connectivity index (χ2v) is 12.5. The van der Waals surface area contributed by atoms with E-state index in [0.717, 1.165) is 48.2 Å². The van der Waals surface area contributed by atoms with Crippen LogP contribution < -0.4 is 11.1 Å². The number of ketones is 1. The van der Waals surface area contributed by atoms with Crippen LogP contribution in [0.15, 0.2) is 40.9 Å². The van der Waals surface area contributed by atoms with Crippen LogP contribution >= 0.6 is 15.9 Å². The van der Waals surface area contributed by atoms with Gasteiger partial charge in [0.2, 0.25) is 5.91 Å². The van der Waals surface area contributed by atoms with E-state index in [1.807, 2.05) is 24.3 Å². The summed E-state index contributed by atoms with van der Waals surface area (Å²) in [6, 6.07) is 8.51. The Morgan fingerprint density at radius 2 is 1.71 bits per heavy atom. The van der Waals surface area contributed by atoms with Gasteiger partial charge in [-0.3, -0.25) is 9.59 Å². The quantitative estimate of drug-likeness (QED) is 0.345. The molecule has 0 saturated heterocycles. The third-order valence-electron chi connectivity index (χ3n) is 8.99. The highest BCUT2D eigenvalue weighted by Gasteiger charge is 2.54. The summed E-state index contributed by atoms with van der Waals surface area (Å²) in [4.78, 5) is 27.2. The molecule has 4 fully saturated rings. The van der Waals surface area contributed by atoms with Crippen LogP contribution in [0.25, 0.3) is 0 Å². The molecule has 4 aliphatic carbocycles. The molecule has 4 aliphatic rings. The van der Waals surface area contributed by atoms with E-state index in [2.05, 4.69) is 21.2 Å². The Morgan fingerprint density at radius 3 is 2.42 bits per heavy atom. The van der Waals surface area contributed by atoms with Crippen molar-refractivity contribution in [2.75, 3.05) is 0 Å². The molecule has 4 saturated carbocycles. The van der Waals surface area contributed by atoms with Crippen LogP contribution in [0.3, 0.4) is 0 Å². The van der Waals surface area contributed by atoms with E-state index >= 15 is 0 Å². The lowest BCUT2D eigenvalue weighted by molar-refractivity contribution is -0.130. The van der Waals surface area contributed by atoms with Gasteiger partial charge in [0.05, 0.1) is 11.5 Å². The number of halogens is 4. The van der Waals surface area contributed by atoms with Crippen molar-refractivity contribution in [3.63, 3.8) is 0 Å². The summed E-state index contributed by atoms with van der Waals surface area (Å²) >= 11 is 3.43. The number of amides is 1. The molecule has 5 atom stereocenters. The van der Waals surface area contributed by atoms with Crippen molar-refractivity contribution in [1.82, 2.24) is 5.32 Å². The van der Waals surface area contributed by atoms with Crippen molar-refractivity contribution in [3.05, 3.63) is 69.4 Å². The van der Waals surface area contributed by atoms with Crippen LogP contribution in [0, 0.1) is 35.2 Å². The number of aryl methyl sites for hydroxylation is 1. The maximum atomic E-state index is 14.6. The lowest BCUT2D eigenvalue weighted by atomic mass is 9.73. The number of hydrogen-bond donors (Lipinski definition) is 2. The number of carbonyl (C=O) groups excluding carboxylic acids is 2. The number of nitrogens with two attached hydrogens (primary N) is 1. The van der Waals surface area contributed by atoms with E-state index in [4.69, 9.17) is 5.73 Å². The monoisotopic (exact) mass is 590 g/mol. The zero-order valence-corrected chi connectivity index (χ0v) is 22.9. The first-order chi connectivity index (χ1) is 18.1. The maximum Gasteiger partial charge on any atom is 0.231 e. The smallest absolute Gasteiger partial charge is 0.231 e. The third kappa shape index (κ3) is 5.86. The van der Waals surface area contributed by atoms with Crippen LogP contribution in [0.1, 0.15) is 68.9 Å². The molecule has 3 N–H and O–H groups in total. The van der Waals surface area contributed by atoms with Crippen molar-refractivity contribution in [2.24, 2.45) is 23.5 Å². The fourth-order valence-electron chi connectivity index (χ4n) is 6.72. The predicted octanol–water partition coefficient (Wildman–Crippen LogP) is 6.13. The Kier molecular flexibility index (Phi) is 8.01. The van der Waals surface area contributed by atoms with Gasteiger partial charge in [0, 0.05) is 28.6 Å². The number of nitrogens with one attached hydrogen (secondary N) is 1. The molecule has 6 rings (SSSR count). The van der Waals surface area contributed by atoms with Gasteiger partial charge in [0.15, 0.2) is 17.4 Å². The average molecular weight is 592 g/mol. The summed E-state index contributed by atoms with van der Waals surface area (Å²) < 4.78 is 43.1. The van der Waals surface area contributed by atoms with Crippen LogP contribution in [0.5, 0.6) is 0 Å². The summed E-state index contributed by atoms with van der Waals surface area (Å²) in [5.41, 5.74) is 5.92. The maximum absolute atomic E-state index is 14.6. The number of fused-ring (bicyclic) bond motifs is 4. The minimum Gasteiger partial charge on any atom is -0.346 e. The van der Waals surface area contributed by atoms with E-state index in [1.165, 1.54) is 0 Å². The second-order valence-electron chi connectivity index (χ2n) is 11.6. The first-order valence-electron chi connectivity index (χ1n) is 13.6. The Bertz CT molecular complexity index is 1200. The molecule has 2 aromatic rings. The highest BCUT2D eigenvalue weighted by Crippen LogP contribution is 2.50. The molecule has 5 unspecified atom stereocenters. The Morgan fingerprint density at radius 1 is 1.00 bits per heavy atom. The minimum absolute atomic E-state index is 0.0249. The van der Waals surface area contributed by atoms with Crippen molar-refractivity contribution in [2.45, 2.75) is 81.7 Å². The molecule has 0 heterocycles. The Balaban J connectivity index is 1.34. The zero-order valence-electron chi connectivity index (χ0n) is 21.3. The molecule has 1 amide bonds. The molecule has 204 valence electrons. The van der Waals surface area contributed by atoms with Crippen LogP contribution in [0.2, 0.25) is 0 Å². The lowest BCUT2D eigenvalue weighted by Crippen LogP contribution is -2.47. The summed E-state index contributed by atoms with van der Waals surface area (Å²) in [5.74, 6) is -2.73. The van der Waals surface area contributed by atoms with Gasteiger partial charge in [0.1, 0.15) is 5.82 Å². The van der Waals surface area contributed by atoms with E-state index in [0.29, 0.717) is 50.0 Å². The molecule has 0 aromatic heterocycles. The van der Waals surface area contributed by atoms with Gasteiger partial charge in [0.25, 0.3) is 0 Å². The van der Waals surface area contributed by atoms with Crippen molar-refractivity contribution < 1.29 is 22.8 Å². The molecular formula is C30H34BrF3N2O2. The van der Waals surface area contributed by atoms with E-state index < -0.39 is 34.8 Å². The summed E-state index contributed by atoms with van der Waals surface area (Å²) in [6.45, 7) is 0. The van der Waals surface area contributed by atoms with Gasteiger partial charge in [-0.05, 0) is 92.9 Å². The first kappa shape index (κ1) is 27.4. The van der Waals surface area contributed by atoms with Gasteiger partial charge in [-0.25, -0.2) is 13.2 Å². The molecule has 0 aliphatic heterocycles. The largest absolute Gasteiger partial charge is 0.346 e. The molecule has 38 heavy (non-hydrogen) atoms. The fourth-order valence-corrected chi connectivity index (χ4v) is 6.98. The van der Waals surface area contributed by atoms with Crippen molar-refractivity contribution in [3.8, 4) is 0 Å². The molecule has 2 aromatic carbocycles. The third-order valence-corrected chi connectivity index (χ3v) is 9.52. The number of hydrogen-bond acceptors (Lipinski definition) is 3. The van der Waals surface area contributed by atoms with Gasteiger partial charge in [-0.15, -0.1) is 0 Å². The Labute approximate surface area is 230 Å². The number of rotatable bonds is 9. The van der Waals surface area contributed by atoms with Gasteiger partial charge < -0.3 is 11.1 Å². The lowest BCUT2D eigenvalue weighted by Gasteiger charge is -2.33. The van der Waals surface area contributed by atoms with Gasteiger partial charge >= 0.3 is 0 Å². The van der Waals surface area contributed by atoms with E-state index in [-0.39, 0.29) is 23.3 Å². The van der Waals surface area contributed by atoms with Crippen LogP contribution in [-0.4, -0.2) is 23.8 Å². The minimum atomic E-state index is -1.29. The normalized spacial score (nSPS) is 26.4. The first-order valence-corrected chi connectivity index (χ1v) is 14.4. The fraction of sp³-hybridized carbons (Fsp3) is 0.533. The topological polar surface area (TPSA) is 72.2 Å². The number of benzene rings is 2. The van der Waals surface area contributed by atoms with Crippen molar-refractivity contribution >= 4 is 27.6 Å². The standard InChI is InChI=1S/C30H34BrF3N2O2/c31-21-6-2-17(3-7-21)4-8-27(28(37)14-20-11-18-1-5-19(20)13-22(35)12-18)36-29(38)30(9-10-30)23-15-25(33)26(34)16-24(23)32/h2-3,6-7,15-16,18-20,22,27H,1,4-5,8-14,35H2,(H,36,38). The summed E-state index contributed by atoms with van der Waals surface area (Å²) in [6.07, 6.45) is 7.18. The van der Waals surface area contributed by atoms with Gasteiger partial charge in [-0.1, -0.05) is 34.5 Å². The highest BCUT2D eigenvalue weighted by molar-refractivity contribution is 9.10. The number of Topliss-reactive ketones (excluding diaryl/α,β-unsaturated/α-hetero) is 1. The van der Waals surface area contributed by atoms with Crippen molar-refractivity contribution in [1.29, 1.82) is 0 Å². The summed E-state index contributed by atoms with van der Waals surface area (Å²) in [7, 11) is 0. The van der Waals surface area contributed by atoms with Gasteiger partial charge in [-0.2, -0.15) is 0 Å². The molecule has 2 bridgehead atoms. The Hall–Kier alpha value is -2.19. The second kappa shape index (κ2) is 11.1. The molecule has 4 nitrogen and oxygen atoms in total. The molecule has 0 radical (unpaired) electrons. The predicted molar refractivity (Wildman–Crippen MR) is 143 cm³/mol. The van der Waals surface area contributed by atoms with E-state index in [9.17, 15) is 22.8 Å². The zero-order chi connectivity index (χ0) is 27.0. The van der Waals surface area contributed by atoms with E-state index in [1.54, 1.807) is 0 Å². The average Bonchev–Trinajstić information content (AvgIpc) is 3.71. The van der Waals surface area contributed by atoms with Crippen LogP contribution in [0.4, 0.5) is 13.2 Å². The summed E-state index contributed by atoms with van der Waals surface area (Å²) in [5, 5.41) is 2.91. The SMILES string of the molecule is NC1CC2CCC(C1)C(CC(=O)C(CCc1ccc(Br)cc1)NC(=O)C1(c3cc(F)c(F)cc3F)CC1)C2. The highest BCUT2D eigenvalue weighted by atomic mass is 79.9. The molecular weight excluding hydrogens is 557 g/mol. The van der Waals surface area contributed by atoms with Crippen LogP contribution in [-0.2, 0) is 21.4 Å².